The van der Waals surface area contributed by atoms with Gasteiger partial charge in [0, 0.05) is 17.7 Å². The van der Waals surface area contributed by atoms with Gasteiger partial charge in [-0.2, -0.15) is 5.26 Å². The van der Waals surface area contributed by atoms with E-state index in [4.69, 9.17) is 15.7 Å². The van der Waals surface area contributed by atoms with Crippen molar-refractivity contribution in [3.05, 3.63) is 53.1 Å². The molecule has 5 nitrogen and oxygen atoms in total. The number of hydrogen-bond donors (Lipinski definition) is 2. The van der Waals surface area contributed by atoms with Crippen LogP contribution >= 0.6 is 0 Å². The summed E-state index contributed by atoms with van der Waals surface area (Å²) in [6.07, 6.45) is 0.807. The Morgan fingerprint density at radius 2 is 2.14 bits per heavy atom. The number of benzene rings is 2. The monoisotopic (exact) mass is 279 g/mol. The Hall–Kier alpha value is -3.00. The van der Waals surface area contributed by atoms with Gasteiger partial charge < -0.3 is 15.8 Å². The third-order valence-electron chi connectivity index (χ3n) is 3.36. The highest BCUT2D eigenvalue weighted by atomic mass is 16.5. The van der Waals surface area contributed by atoms with Crippen molar-refractivity contribution >= 4 is 17.3 Å². The van der Waals surface area contributed by atoms with Crippen LogP contribution in [-0.4, -0.2) is 12.5 Å². The van der Waals surface area contributed by atoms with Crippen molar-refractivity contribution in [1.82, 2.24) is 0 Å². The Kier molecular flexibility index (Phi) is 3.20. The fourth-order valence-corrected chi connectivity index (χ4v) is 2.29. The highest BCUT2D eigenvalue weighted by Gasteiger charge is 2.15. The number of nitrogens with zero attached hydrogens (tertiary/aromatic N) is 1. The summed E-state index contributed by atoms with van der Waals surface area (Å²) in [4.78, 5) is 12.3. The van der Waals surface area contributed by atoms with E-state index in [2.05, 4.69) is 5.32 Å². The lowest BCUT2D eigenvalue weighted by molar-refractivity contribution is 0.102. The first-order valence-electron chi connectivity index (χ1n) is 6.54. The first kappa shape index (κ1) is 13.0. The van der Waals surface area contributed by atoms with Crippen LogP contribution < -0.4 is 15.8 Å². The van der Waals surface area contributed by atoms with Crippen molar-refractivity contribution in [2.24, 2.45) is 0 Å². The van der Waals surface area contributed by atoms with Gasteiger partial charge in [-0.1, -0.05) is 0 Å². The van der Waals surface area contributed by atoms with Crippen molar-refractivity contribution in [3.8, 4) is 11.8 Å². The Morgan fingerprint density at radius 3 is 2.95 bits per heavy atom. The average molecular weight is 279 g/mol. The van der Waals surface area contributed by atoms with Crippen molar-refractivity contribution in [2.75, 3.05) is 17.7 Å². The van der Waals surface area contributed by atoms with Gasteiger partial charge in [-0.15, -0.1) is 0 Å². The molecule has 0 fully saturated rings. The zero-order valence-electron chi connectivity index (χ0n) is 11.2. The molecule has 0 aliphatic carbocycles. The molecule has 3 N–H and O–H groups in total. The van der Waals surface area contributed by atoms with E-state index >= 15 is 0 Å². The first-order chi connectivity index (χ1) is 10.2. The molecular weight excluding hydrogens is 266 g/mol. The second-order valence-electron chi connectivity index (χ2n) is 4.79. The molecule has 0 radical (unpaired) electrons. The molecular formula is C16H13N3O2. The van der Waals surface area contributed by atoms with Gasteiger partial charge in [-0.25, -0.2) is 0 Å². The van der Waals surface area contributed by atoms with Gasteiger partial charge >= 0.3 is 0 Å². The van der Waals surface area contributed by atoms with Gasteiger partial charge in [0.25, 0.3) is 5.91 Å². The number of ether oxygens (including phenoxy) is 1. The zero-order valence-corrected chi connectivity index (χ0v) is 11.2. The molecule has 0 unspecified atom stereocenters. The summed E-state index contributed by atoms with van der Waals surface area (Å²) in [5.74, 6) is 0.572. The van der Waals surface area contributed by atoms with Crippen molar-refractivity contribution in [2.45, 2.75) is 6.42 Å². The van der Waals surface area contributed by atoms with Crippen LogP contribution in [0.3, 0.4) is 0 Å². The summed E-state index contributed by atoms with van der Waals surface area (Å²) in [7, 11) is 0. The Balaban J connectivity index is 1.85. The maximum absolute atomic E-state index is 12.3. The molecule has 0 aromatic heterocycles. The van der Waals surface area contributed by atoms with Crippen LogP contribution in [0.25, 0.3) is 0 Å². The fraction of sp³-hybridized carbons (Fsp3) is 0.125. The molecule has 21 heavy (non-hydrogen) atoms. The van der Waals surface area contributed by atoms with Crippen molar-refractivity contribution < 1.29 is 9.53 Å². The number of fused-ring (bicyclic) bond motifs is 1. The predicted molar refractivity (Wildman–Crippen MR) is 79.2 cm³/mol. The van der Waals surface area contributed by atoms with Gasteiger partial charge in [0.2, 0.25) is 0 Å². The normalized spacial score (nSPS) is 12.1. The van der Waals surface area contributed by atoms with E-state index in [-0.39, 0.29) is 5.91 Å². The van der Waals surface area contributed by atoms with Gasteiger partial charge in [0.15, 0.2) is 0 Å². The molecule has 3 rings (SSSR count). The van der Waals surface area contributed by atoms with E-state index in [0.717, 1.165) is 17.7 Å². The predicted octanol–water partition coefficient (Wildman–Crippen LogP) is 2.33. The van der Waals surface area contributed by atoms with Crippen molar-refractivity contribution in [3.63, 3.8) is 0 Å². The number of carbonyl (C=O) groups excluding carboxylic acids is 1. The third kappa shape index (κ3) is 2.51. The molecule has 5 heteroatoms. The summed E-state index contributed by atoms with van der Waals surface area (Å²) in [6.45, 7) is 0.650. The first-order valence-corrected chi connectivity index (χ1v) is 6.54. The van der Waals surface area contributed by atoms with Gasteiger partial charge in [0.1, 0.15) is 11.8 Å². The van der Waals surface area contributed by atoms with E-state index in [1.807, 2.05) is 12.1 Å². The fourth-order valence-electron chi connectivity index (χ4n) is 2.29. The second kappa shape index (κ2) is 5.17. The van der Waals surface area contributed by atoms with Gasteiger partial charge in [-0.3, -0.25) is 4.79 Å². The molecule has 2 aromatic rings. The molecule has 0 spiro atoms. The highest BCUT2D eigenvalue weighted by Crippen LogP contribution is 2.26. The molecule has 0 bridgehead atoms. The number of nitrogen functional groups attached to an aromatic ring is 1. The smallest absolute Gasteiger partial charge is 0.255 e. The third-order valence-corrected chi connectivity index (χ3v) is 3.36. The number of hydrogen-bond acceptors (Lipinski definition) is 4. The lowest BCUT2D eigenvalue weighted by Gasteiger charge is -2.08. The number of amides is 1. The summed E-state index contributed by atoms with van der Waals surface area (Å²) < 4.78 is 5.41. The van der Waals surface area contributed by atoms with Crippen LogP contribution in [0.5, 0.6) is 5.75 Å². The molecule has 104 valence electrons. The minimum absolute atomic E-state index is 0.258. The summed E-state index contributed by atoms with van der Waals surface area (Å²) >= 11 is 0. The minimum Gasteiger partial charge on any atom is -0.493 e. The van der Waals surface area contributed by atoms with Gasteiger partial charge in [-0.05, 0) is 42.0 Å². The highest BCUT2D eigenvalue weighted by molar-refractivity contribution is 6.05. The zero-order chi connectivity index (χ0) is 14.8. The van der Waals surface area contributed by atoms with Crippen LogP contribution in [0, 0.1) is 11.3 Å². The second-order valence-corrected chi connectivity index (χ2v) is 4.79. The molecule has 0 atom stereocenters. The average Bonchev–Trinajstić information content (AvgIpc) is 2.96. The molecule has 0 saturated heterocycles. The Bertz CT molecular complexity index is 763. The molecule has 1 aliphatic heterocycles. The van der Waals surface area contributed by atoms with Crippen LogP contribution in [0.15, 0.2) is 36.4 Å². The molecule has 1 amide bonds. The van der Waals surface area contributed by atoms with Crippen LogP contribution in [0.2, 0.25) is 0 Å². The van der Waals surface area contributed by atoms with E-state index in [9.17, 15) is 4.79 Å². The van der Waals surface area contributed by atoms with Crippen molar-refractivity contribution in [1.29, 1.82) is 5.26 Å². The maximum Gasteiger partial charge on any atom is 0.255 e. The molecule has 2 aromatic carbocycles. The molecule has 1 heterocycles. The summed E-state index contributed by atoms with van der Waals surface area (Å²) in [5.41, 5.74) is 8.48. The van der Waals surface area contributed by atoms with Crippen LogP contribution in [0.4, 0.5) is 11.4 Å². The maximum atomic E-state index is 12.3. The number of nitrogens with two attached hydrogens (primary N) is 1. The van der Waals surface area contributed by atoms with Crippen LogP contribution in [-0.2, 0) is 6.42 Å². The Morgan fingerprint density at radius 1 is 1.29 bits per heavy atom. The Labute approximate surface area is 121 Å². The minimum atomic E-state index is -0.258. The van der Waals surface area contributed by atoms with E-state index in [1.54, 1.807) is 24.3 Å². The lowest BCUT2D eigenvalue weighted by atomic mass is 10.1. The van der Waals surface area contributed by atoms with E-state index in [1.165, 1.54) is 6.07 Å². The van der Waals surface area contributed by atoms with E-state index in [0.29, 0.717) is 29.1 Å². The van der Waals surface area contributed by atoms with Crippen LogP contribution in [0.1, 0.15) is 21.5 Å². The number of carbonyl (C=O) groups is 1. The number of rotatable bonds is 2. The quantitative estimate of drug-likeness (QED) is 0.826. The standard InChI is InChI=1S/C16H13N3O2/c17-9-12-8-13(18)2-3-14(12)19-16(20)11-1-4-15-10(7-11)5-6-21-15/h1-4,7-8H,5-6,18H2,(H,19,20). The molecule has 0 saturated carbocycles. The van der Waals surface area contributed by atoms with E-state index < -0.39 is 0 Å². The summed E-state index contributed by atoms with van der Waals surface area (Å²) in [6, 6.07) is 12.2. The SMILES string of the molecule is N#Cc1cc(N)ccc1NC(=O)c1ccc2c(c1)CCO2. The largest absolute Gasteiger partial charge is 0.493 e. The molecule has 1 aliphatic rings. The number of nitriles is 1. The number of nitrogens with one attached hydrogen (secondary N) is 1. The number of anilines is 2. The van der Waals surface area contributed by atoms with Gasteiger partial charge in [0.05, 0.1) is 17.9 Å². The lowest BCUT2D eigenvalue weighted by Crippen LogP contribution is -2.13. The summed E-state index contributed by atoms with van der Waals surface area (Å²) in [5, 5.41) is 11.8. The topological polar surface area (TPSA) is 88.1 Å².